The topological polar surface area (TPSA) is 61.4 Å². The second-order valence-corrected chi connectivity index (χ2v) is 7.62. The number of carbonyl (C=O) groups is 2. The first-order valence-electron chi connectivity index (χ1n) is 9.31. The predicted molar refractivity (Wildman–Crippen MR) is 108 cm³/mol. The van der Waals surface area contributed by atoms with Crippen LogP contribution in [0.1, 0.15) is 25.7 Å². The van der Waals surface area contributed by atoms with Gasteiger partial charge in [0, 0.05) is 24.5 Å². The van der Waals surface area contributed by atoms with Crippen LogP contribution in [0.5, 0.6) is 0 Å². The number of anilines is 3. The molecule has 4 rings (SSSR count). The first-order chi connectivity index (χ1) is 13.1. The lowest BCUT2D eigenvalue weighted by Crippen LogP contribution is -2.35. The van der Waals surface area contributed by atoms with Gasteiger partial charge < -0.3 is 15.5 Å². The molecule has 2 aromatic carbocycles. The van der Waals surface area contributed by atoms with Crippen LogP contribution in [0.4, 0.5) is 17.1 Å². The third-order valence-electron chi connectivity index (χ3n) is 5.34. The van der Waals surface area contributed by atoms with Crippen LogP contribution >= 0.6 is 11.6 Å². The molecule has 2 aromatic rings. The molecule has 5 nitrogen and oxygen atoms in total. The molecule has 0 aromatic heterocycles. The lowest BCUT2D eigenvalue weighted by molar-refractivity contribution is -0.131. The molecule has 2 aliphatic rings. The smallest absolute Gasteiger partial charge is 0.240 e. The molecular weight excluding hydrogens is 362 g/mol. The van der Waals surface area contributed by atoms with Gasteiger partial charge in [-0.3, -0.25) is 9.59 Å². The molecule has 1 aliphatic heterocycles. The Kier molecular flexibility index (Phi) is 4.79. The van der Waals surface area contributed by atoms with Crippen molar-refractivity contribution in [2.24, 2.45) is 5.41 Å². The standard InChI is InChI=1S/C21H22ClN3O2/c22-17-5-1-2-6-18(17)24-20(27)21(11-12-21)19(26)23-15-7-9-16(10-8-15)25-13-3-4-14-25/h1-2,5-10H,3-4,11-14H2,(H,23,26)(H,24,27). The molecule has 1 saturated carbocycles. The van der Waals surface area contributed by atoms with Crippen molar-refractivity contribution in [2.75, 3.05) is 28.6 Å². The first kappa shape index (κ1) is 17.9. The molecule has 2 N–H and O–H groups in total. The molecule has 0 bridgehead atoms. The van der Waals surface area contributed by atoms with E-state index in [1.165, 1.54) is 18.5 Å². The number of hydrogen-bond donors (Lipinski definition) is 2. The van der Waals surface area contributed by atoms with Crippen molar-refractivity contribution < 1.29 is 9.59 Å². The molecule has 0 atom stereocenters. The zero-order valence-electron chi connectivity index (χ0n) is 15.0. The average molecular weight is 384 g/mol. The first-order valence-corrected chi connectivity index (χ1v) is 9.69. The van der Waals surface area contributed by atoms with Gasteiger partial charge in [0.15, 0.2) is 0 Å². The normalized spacial score (nSPS) is 17.4. The fourth-order valence-electron chi connectivity index (χ4n) is 3.47. The van der Waals surface area contributed by atoms with E-state index in [-0.39, 0.29) is 11.8 Å². The van der Waals surface area contributed by atoms with Crippen molar-refractivity contribution >= 4 is 40.5 Å². The van der Waals surface area contributed by atoms with E-state index in [2.05, 4.69) is 15.5 Å². The van der Waals surface area contributed by atoms with Gasteiger partial charge in [0.05, 0.1) is 10.7 Å². The van der Waals surface area contributed by atoms with Crippen molar-refractivity contribution in [3.8, 4) is 0 Å². The molecule has 0 spiro atoms. The molecule has 1 aliphatic carbocycles. The summed E-state index contributed by atoms with van der Waals surface area (Å²) in [6, 6.07) is 14.9. The number of benzene rings is 2. The zero-order chi connectivity index (χ0) is 18.9. The average Bonchev–Trinajstić information content (AvgIpc) is 3.32. The molecule has 140 valence electrons. The van der Waals surface area contributed by atoms with Crippen LogP contribution in [-0.4, -0.2) is 24.9 Å². The third kappa shape index (κ3) is 3.65. The maximum absolute atomic E-state index is 12.7. The van der Waals surface area contributed by atoms with Gasteiger partial charge >= 0.3 is 0 Å². The monoisotopic (exact) mass is 383 g/mol. The maximum Gasteiger partial charge on any atom is 0.240 e. The SMILES string of the molecule is O=C(Nc1ccc(N2CCCC2)cc1)C1(C(=O)Nc2ccccc2Cl)CC1. The highest BCUT2D eigenvalue weighted by atomic mass is 35.5. The van der Waals surface area contributed by atoms with E-state index >= 15 is 0 Å². The van der Waals surface area contributed by atoms with Gasteiger partial charge in [-0.2, -0.15) is 0 Å². The fourth-order valence-corrected chi connectivity index (χ4v) is 3.65. The summed E-state index contributed by atoms with van der Waals surface area (Å²) in [4.78, 5) is 27.7. The van der Waals surface area contributed by atoms with Gasteiger partial charge in [-0.05, 0) is 62.1 Å². The molecule has 6 heteroatoms. The minimum Gasteiger partial charge on any atom is -0.372 e. The summed E-state index contributed by atoms with van der Waals surface area (Å²) in [5.41, 5.74) is 1.40. The Morgan fingerprint density at radius 3 is 2.15 bits per heavy atom. The summed E-state index contributed by atoms with van der Waals surface area (Å²) in [5, 5.41) is 6.14. The molecule has 27 heavy (non-hydrogen) atoms. The largest absolute Gasteiger partial charge is 0.372 e. The maximum atomic E-state index is 12.7. The highest BCUT2D eigenvalue weighted by Crippen LogP contribution is 2.47. The quantitative estimate of drug-likeness (QED) is 0.757. The van der Waals surface area contributed by atoms with E-state index in [1.54, 1.807) is 24.3 Å². The number of amides is 2. The number of nitrogens with one attached hydrogen (secondary N) is 2. The van der Waals surface area contributed by atoms with E-state index in [0.717, 1.165) is 13.1 Å². The van der Waals surface area contributed by atoms with Crippen LogP contribution in [0, 0.1) is 5.41 Å². The van der Waals surface area contributed by atoms with Crippen LogP contribution in [0.2, 0.25) is 5.02 Å². The minimum atomic E-state index is -1.01. The summed E-state index contributed by atoms with van der Waals surface area (Å²) in [6.07, 6.45) is 3.53. The van der Waals surface area contributed by atoms with Gasteiger partial charge in [-0.25, -0.2) is 0 Å². The lowest BCUT2D eigenvalue weighted by atomic mass is 10.0. The summed E-state index contributed by atoms with van der Waals surface area (Å²) in [5.74, 6) is -0.567. The van der Waals surface area contributed by atoms with Crippen molar-refractivity contribution in [1.82, 2.24) is 0 Å². The molecule has 2 amide bonds. The number of halogens is 1. The van der Waals surface area contributed by atoms with Crippen molar-refractivity contribution in [1.29, 1.82) is 0 Å². The molecule has 0 unspecified atom stereocenters. The van der Waals surface area contributed by atoms with E-state index in [4.69, 9.17) is 11.6 Å². The summed E-state index contributed by atoms with van der Waals surface area (Å²) in [6.45, 7) is 2.16. The van der Waals surface area contributed by atoms with E-state index < -0.39 is 5.41 Å². The number of nitrogens with zero attached hydrogens (tertiary/aromatic N) is 1. The predicted octanol–water partition coefficient (Wildman–Crippen LogP) is 4.30. The van der Waals surface area contributed by atoms with E-state index in [9.17, 15) is 9.59 Å². The molecule has 1 saturated heterocycles. The minimum absolute atomic E-state index is 0.263. The van der Waals surface area contributed by atoms with Gasteiger partial charge in [-0.1, -0.05) is 23.7 Å². The van der Waals surface area contributed by atoms with Gasteiger partial charge in [0.1, 0.15) is 5.41 Å². The Balaban J connectivity index is 1.41. The Morgan fingerprint density at radius 2 is 1.52 bits per heavy atom. The number of hydrogen-bond acceptors (Lipinski definition) is 3. The second-order valence-electron chi connectivity index (χ2n) is 7.21. The van der Waals surface area contributed by atoms with Crippen molar-refractivity contribution in [2.45, 2.75) is 25.7 Å². The lowest BCUT2D eigenvalue weighted by Gasteiger charge is -2.19. The Hall–Kier alpha value is -2.53. The van der Waals surface area contributed by atoms with Crippen LogP contribution in [0.25, 0.3) is 0 Å². The van der Waals surface area contributed by atoms with Gasteiger partial charge in [-0.15, -0.1) is 0 Å². The third-order valence-corrected chi connectivity index (χ3v) is 5.67. The Bertz CT molecular complexity index is 856. The Labute approximate surface area is 163 Å². The molecule has 2 fully saturated rings. The second kappa shape index (κ2) is 7.24. The molecule has 0 radical (unpaired) electrons. The van der Waals surface area contributed by atoms with E-state index in [1.807, 2.05) is 24.3 Å². The van der Waals surface area contributed by atoms with Crippen molar-refractivity contribution in [3.63, 3.8) is 0 Å². The van der Waals surface area contributed by atoms with E-state index in [0.29, 0.717) is 29.2 Å². The van der Waals surface area contributed by atoms with Gasteiger partial charge in [0.25, 0.3) is 0 Å². The molecule has 1 heterocycles. The van der Waals surface area contributed by atoms with Crippen molar-refractivity contribution in [3.05, 3.63) is 53.6 Å². The van der Waals surface area contributed by atoms with Crippen LogP contribution < -0.4 is 15.5 Å². The highest BCUT2D eigenvalue weighted by Gasteiger charge is 2.56. The van der Waals surface area contributed by atoms with Crippen LogP contribution in [-0.2, 0) is 9.59 Å². The zero-order valence-corrected chi connectivity index (χ0v) is 15.8. The molecular formula is C21H22ClN3O2. The summed E-state index contributed by atoms with van der Waals surface area (Å²) >= 11 is 6.10. The number of para-hydroxylation sites is 1. The van der Waals surface area contributed by atoms with Gasteiger partial charge in [0.2, 0.25) is 11.8 Å². The number of rotatable bonds is 5. The van der Waals surface area contributed by atoms with Crippen LogP contribution in [0.15, 0.2) is 48.5 Å². The van der Waals surface area contributed by atoms with Crippen LogP contribution in [0.3, 0.4) is 0 Å². The fraction of sp³-hybridized carbons (Fsp3) is 0.333. The highest BCUT2D eigenvalue weighted by molar-refractivity contribution is 6.34. The number of carbonyl (C=O) groups excluding carboxylic acids is 2. The summed E-state index contributed by atoms with van der Waals surface area (Å²) < 4.78 is 0. The Morgan fingerprint density at radius 1 is 0.889 bits per heavy atom. The summed E-state index contributed by atoms with van der Waals surface area (Å²) in [7, 11) is 0.